The first kappa shape index (κ1) is 12.8. The molecule has 0 N–H and O–H groups in total. The number of hydrogen-bond donors (Lipinski definition) is 1. The monoisotopic (exact) mass is 252 g/mol. The Kier molecular flexibility index (Phi) is 4.12. The van der Waals surface area contributed by atoms with E-state index in [0.29, 0.717) is 5.92 Å². The van der Waals surface area contributed by atoms with Gasteiger partial charge in [0.15, 0.2) is 0 Å². The van der Waals surface area contributed by atoms with Crippen LogP contribution in [0.3, 0.4) is 0 Å². The van der Waals surface area contributed by atoms with Crippen LogP contribution in [0.15, 0.2) is 53.4 Å². The number of thiol groups is 1. The quantitative estimate of drug-likeness (QED) is 0.561. The first-order valence-corrected chi connectivity index (χ1v) is 6.51. The van der Waals surface area contributed by atoms with Gasteiger partial charge in [0.2, 0.25) is 0 Å². The van der Waals surface area contributed by atoms with Gasteiger partial charge in [-0.2, -0.15) is 0 Å². The Morgan fingerprint density at radius 1 is 0.778 bits per heavy atom. The van der Waals surface area contributed by atoms with Gasteiger partial charge in [-0.1, -0.05) is 37.8 Å². The summed E-state index contributed by atoms with van der Waals surface area (Å²) in [4.78, 5) is 0.960. The third-order valence-electron chi connectivity index (χ3n) is 2.80. The third kappa shape index (κ3) is 3.42. The number of hydrogen-bond acceptors (Lipinski definition) is 1. The van der Waals surface area contributed by atoms with Crippen LogP contribution in [0.25, 0.3) is 0 Å². The van der Waals surface area contributed by atoms with Crippen LogP contribution in [-0.2, 0) is 0 Å². The molecule has 2 aromatic rings. The zero-order valence-corrected chi connectivity index (χ0v) is 11.5. The molecule has 0 unspecified atom stereocenters. The molecular weight excluding hydrogens is 236 g/mol. The highest BCUT2D eigenvalue weighted by atomic mass is 32.1. The number of rotatable bonds is 1. The van der Waals surface area contributed by atoms with Crippen molar-refractivity contribution in [1.29, 1.82) is 0 Å². The minimum atomic E-state index is 0.565. The Morgan fingerprint density at radius 2 is 1.22 bits per heavy atom. The van der Waals surface area contributed by atoms with Crippen LogP contribution in [0, 0.1) is 11.8 Å². The fourth-order valence-electron chi connectivity index (χ4n) is 1.64. The summed E-state index contributed by atoms with van der Waals surface area (Å²) in [6, 6.07) is 16.3. The van der Waals surface area contributed by atoms with E-state index in [0.717, 1.165) is 16.0 Å². The predicted octanol–water partition coefficient (Wildman–Crippen LogP) is 4.50. The van der Waals surface area contributed by atoms with Crippen LogP contribution in [-0.4, -0.2) is 0 Å². The molecule has 0 spiro atoms. The van der Waals surface area contributed by atoms with Gasteiger partial charge in [-0.05, 0) is 47.9 Å². The van der Waals surface area contributed by atoms with Gasteiger partial charge in [-0.15, -0.1) is 12.6 Å². The summed E-state index contributed by atoms with van der Waals surface area (Å²) in [5.74, 6) is 6.89. The van der Waals surface area contributed by atoms with E-state index in [1.807, 2.05) is 24.3 Å². The fraction of sp³-hybridized carbons (Fsp3) is 0.176. The molecule has 0 nitrogen and oxygen atoms in total. The Bertz CT molecular complexity index is 566. The molecule has 0 aliphatic carbocycles. The molecule has 18 heavy (non-hydrogen) atoms. The molecule has 0 amide bonds. The van der Waals surface area contributed by atoms with Crippen molar-refractivity contribution < 1.29 is 0 Å². The molecule has 0 saturated carbocycles. The van der Waals surface area contributed by atoms with E-state index in [-0.39, 0.29) is 0 Å². The molecule has 1 heteroatoms. The summed E-state index contributed by atoms with van der Waals surface area (Å²) in [5.41, 5.74) is 3.41. The van der Waals surface area contributed by atoms with Crippen LogP contribution in [0.1, 0.15) is 36.5 Å². The molecule has 0 radical (unpaired) electrons. The standard InChI is InChI=1S/C17H16S/c1-13(2)16-9-5-14(6-10-16)3-4-15-7-11-17(18)12-8-15/h5-13,18H,1-2H3. The Balaban J connectivity index is 2.17. The molecule has 0 atom stereocenters. The lowest BCUT2D eigenvalue weighted by molar-refractivity contribution is 0.866. The molecule has 0 heterocycles. The van der Waals surface area contributed by atoms with E-state index in [2.05, 4.69) is 62.6 Å². The SMILES string of the molecule is CC(C)c1ccc(C#Cc2ccc(S)cc2)cc1. The van der Waals surface area contributed by atoms with Crippen molar-refractivity contribution in [3.8, 4) is 11.8 Å². The van der Waals surface area contributed by atoms with Gasteiger partial charge < -0.3 is 0 Å². The molecule has 0 bridgehead atoms. The van der Waals surface area contributed by atoms with Gasteiger partial charge in [0.25, 0.3) is 0 Å². The van der Waals surface area contributed by atoms with Crippen molar-refractivity contribution in [3.63, 3.8) is 0 Å². The van der Waals surface area contributed by atoms with Crippen LogP contribution >= 0.6 is 12.6 Å². The van der Waals surface area contributed by atoms with Crippen LogP contribution in [0.2, 0.25) is 0 Å². The van der Waals surface area contributed by atoms with Crippen molar-refractivity contribution in [2.75, 3.05) is 0 Å². The lowest BCUT2D eigenvalue weighted by atomic mass is 10.0. The highest BCUT2D eigenvalue weighted by Gasteiger charge is 1.97. The van der Waals surface area contributed by atoms with Gasteiger partial charge in [0.05, 0.1) is 0 Å². The van der Waals surface area contributed by atoms with Gasteiger partial charge in [-0.25, -0.2) is 0 Å². The highest BCUT2D eigenvalue weighted by molar-refractivity contribution is 7.80. The lowest BCUT2D eigenvalue weighted by Crippen LogP contribution is -1.86. The Labute approximate surface area is 114 Å². The lowest BCUT2D eigenvalue weighted by Gasteiger charge is -2.03. The van der Waals surface area contributed by atoms with E-state index in [1.165, 1.54) is 5.56 Å². The van der Waals surface area contributed by atoms with Gasteiger partial charge in [0.1, 0.15) is 0 Å². The first-order chi connectivity index (χ1) is 8.65. The summed E-state index contributed by atoms with van der Waals surface area (Å²) in [7, 11) is 0. The molecule has 0 fully saturated rings. The van der Waals surface area contributed by atoms with Gasteiger partial charge in [0, 0.05) is 16.0 Å². The summed E-state index contributed by atoms with van der Waals surface area (Å²) in [5, 5.41) is 0. The molecule has 0 aliphatic heterocycles. The smallest absolute Gasteiger partial charge is 0.0249 e. The van der Waals surface area contributed by atoms with Crippen LogP contribution < -0.4 is 0 Å². The molecule has 0 aromatic heterocycles. The molecule has 0 aliphatic rings. The Morgan fingerprint density at radius 3 is 1.67 bits per heavy atom. The van der Waals surface area contributed by atoms with Crippen molar-refractivity contribution in [3.05, 3.63) is 65.2 Å². The van der Waals surface area contributed by atoms with Gasteiger partial charge in [-0.3, -0.25) is 0 Å². The maximum Gasteiger partial charge on any atom is 0.0249 e. The summed E-state index contributed by atoms with van der Waals surface area (Å²) in [6.07, 6.45) is 0. The fourth-order valence-corrected chi connectivity index (χ4v) is 1.79. The van der Waals surface area contributed by atoms with Crippen LogP contribution in [0.4, 0.5) is 0 Å². The molecule has 2 rings (SSSR count). The average molecular weight is 252 g/mol. The summed E-state index contributed by atoms with van der Waals surface area (Å²) in [6.45, 7) is 4.39. The van der Waals surface area contributed by atoms with E-state index in [1.54, 1.807) is 0 Å². The van der Waals surface area contributed by atoms with E-state index in [4.69, 9.17) is 0 Å². The average Bonchev–Trinajstić information content (AvgIpc) is 2.38. The second-order valence-corrected chi connectivity index (χ2v) is 5.09. The summed E-state index contributed by atoms with van der Waals surface area (Å²) >= 11 is 4.25. The second-order valence-electron chi connectivity index (χ2n) is 4.57. The van der Waals surface area contributed by atoms with Crippen molar-refractivity contribution in [1.82, 2.24) is 0 Å². The largest absolute Gasteiger partial charge is 0.143 e. The first-order valence-electron chi connectivity index (χ1n) is 6.06. The minimum absolute atomic E-state index is 0.565. The van der Waals surface area contributed by atoms with E-state index >= 15 is 0 Å². The topological polar surface area (TPSA) is 0 Å². The summed E-state index contributed by atoms with van der Waals surface area (Å²) < 4.78 is 0. The zero-order valence-electron chi connectivity index (χ0n) is 10.6. The molecular formula is C17H16S. The predicted molar refractivity (Wildman–Crippen MR) is 80.2 cm³/mol. The molecule has 0 saturated heterocycles. The third-order valence-corrected chi connectivity index (χ3v) is 3.09. The Hall–Kier alpha value is -1.65. The van der Waals surface area contributed by atoms with Crippen molar-refractivity contribution in [2.24, 2.45) is 0 Å². The maximum atomic E-state index is 4.25. The zero-order chi connectivity index (χ0) is 13.0. The van der Waals surface area contributed by atoms with Crippen LogP contribution in [0.5, 0.6) is 0 Å². The van der Waals surface area contributed by atoms with Gasteiger partial charge >= 0.3 is 0 Å². The normalized spacial score (nSPS) is 10.0. The van der Waals surface area contributed by atoms with Crippen molar-refractivity contribution in [2.45, 2.75) is 24.7 Å². The van der Waals surface area contributed by atoms with E-state index < -0.39 is 0 Å². The molecule has 90 valence electrons. The van der Waals surface area contributed by atoms with E-state index in [9.17, 15) is 0 Å². The molecule has 2 aromatic carbocycles. The second kappa shape index (κ2) is 5.80. The van der Waals surface area contributed by atoms with Crippen molar-refractivity contribution >= 4 is 12.6 Å². The maximum absolute atomic E-state index is 4.25. The number of benzene rings is 2. The highest BCUT2D eigenvalue weighted by Crippen LogP contribution is 2.14. The minimum Gasteiger partial charge on any atom is -0.143 e.